The molecule has 0 aliphatic carbocycles. The van der Waals surface area contributed by atoms with Crippen molar-refractivity contribution in [3.8, 4) is 0 Å². The Bertz CT molecular complexity index is 297. The second-order valence-electron chi connectivity index (χ2n) is 4.43. The molecule has 0 saturated carbocycles. The fourth-order valence-corrected chi connectivity index (χ4v) is 1.81. The van der Waals surface area contributed by atoms with Gasteiger partial charge in [-0.05, 0) is 43.9 Å². The van der Waals surface area contributed by atoms with Crippen molar-refractivity contribution in [1.82, 2.24) is 0 Å². The van der Waals surface area contributed by atoms with Crippen molar-refractivity contribution in [3.05, 3.63) is 35.6 Å². The number of benzene rings is 1. The van der Waals surface area contributed by atoms with Crippen molar-refractivity contribution in [1.29, 1.82) is 0 Å². The van der Waals surface area contributed by atoms with Crippen molar-refractivity contribution in [2.45, 2.75) is 51.6 Å². The van der Waals surface area contributed by atoms with E-state index in [0.717, 1.165) is 44.1 Å². The van der Waals surface area contributed by atoms with Crippen LogP contribution in [0.2, 0.25) is 0 Å². The van der Waals surface area contributed by atoms with Crippen LogP contribution in [-0.4, -0.2) is 11.2 Å². The number of rotatable bonds is 7. The molecule has 0 saturated heterocycles. The molecule has 0 bridgehead atoms. The summed E-state index contributed by atoms with van der Waals surface area (Å²) in [6.45, 7) is 1.83. The smallest absolute Gasteiger partial charge is 0.123 e. The highest BCUT2D eigenvalue weighted by Crippen LogP contribution is 2.11. The first kappa shape index (κ1) is 13.2. The summed E-state index contributed by atoms with van der Waals surface area (Å²) in [5.74, 6) is -0.147. The third kappa shape index (κ3) is 5.86. The van der Waals surface area contributed by atoms with Crippen molar-refractivity contribution >= 4 is 0 Å². The van der Waals surface area contributed by atoms with Crippen molar-refractivity contribution < 1.29 is 9.50 Å². The Morgan fingerprint density at radius 2 is 1.94 bits per heavy atom. The Hall–Kier alpha value is -0.890. The molecule has 1 aromatic carbocycles. The minimum absolute atomic E-state index is 0.147. The van der Waals surface area contributed by atoms with Crippen molar-refractivity contribution in [3.63, 3.8) is 0 Å². The van der Waals surface area contributed by atoms with Gasteiger partial charge in [0.2, 0.25) is 0 Å². The number of aliphatic hydroxyl groups is 1. The second-order valence-corrected chi connectivity index (χ2v) is 4.43. The lowest BCUT2D eigenvalue weighted by atomic mass is 10.0. The summed E-state index contributed by atoms with van der Waals surface area (Å²) in [6.07, 6.45) is 6.16. The zero-order chi connectivity index (χ0) is 11.8. The van der Waals surface area contributed by atoms with E-state index in [1.54, 1.807) is 12.1 Å². The van der Waals surface area contributed by atoms with E-state index in [9.17, 15) is 4.39 Å². The first-order chi connectivity index (χ1) is 7.68. The maximum Gasteiger partial charge on any atom is 0.123 e. The molecule has 1 aromatic rings. The first-order valence-electron chi connectivity index (χ1n) is 6.11. The fraction of sp³-hybridized carbons (Fsp3) is 0.571. The molecule has 0 aliphatic rings. The van der Waals surface area contributed by atoms with Crippen molar-refractivity contribution in [2.75, 3.05) is 0 Å². The molecule has 0 fully saturated rings. The summed E-state index contributed by atoms with van der Waals surface area (Å²) in [5.41, 5.74) is 1.08. The highest BCUT2D eigenvalue weighted by Gasteiger charge is 1.97. The molecule has 0 heterocycles. The number of halogens is 1. The normalized spacial score (nSPS) is 12.7. The van der Waals surface area contributed by atoms with Crippen LogP contribution in [0.25, 0.3) is 0 Å². The maximum atomic E-state index is 12.9. The summed E-state index contributed by atoms with van der Waals surface area (Å²) >= 11 is 0. The SMILES string of the molecule is CC(O)CCCCCCc1cccc(F)c1. The molecule has 1 atom stereocenters. The monoisotopic (exact) mass is 224 g/mol. The van der Waals surface area contributed by atoms with Gasteiger partial charge in [-0.25, -0.2) is 4.39 Å². The summed E-state index contributed by atoms with van der Waals surface area (Å²) in [7, 11) is 0. The highest BCUT2D eigenvalue weighted by molar-refractivity contribution is 5.16. The second kappa shape index (κ2) is 7.39. The van der Waals surface area contributed by atoms with E-state index < -0.39 is 0 Å². The lowest BCUT2D eigenvalue weighted by Crippen LogP contribution is -1.98. The van der Waals surface area contributed by atoms with Gasteiger partial charge in [0.15, 0.2) is 0 Å². The maximum absolute atomic E-state index is 12.9. The average Bonchev–Trinajstić information content (AvgIpc) is 2.23. The van der Waals surface area contributed by atoms with Gasteiger partial charge in [-0.15, -0.1) is 0 Å². The minimum atomic E-state index is -0.178. The van der Waals surface area contributed by atoms with E-state index in [1.807, 2.05) is 13.0 Å². The van der Waals surface area contributed by atoms with Gasteiger partial charge in [0, 0.05) is 0 Å². The Labute approximate surface area is 97.3 Å². The lowest BCUT2D eigenvalue weighted by molar-refractivity contribution is 0.180. The number of hydrogen-bond acceptors (Lipinski definition) is 1. The minimum Gasteiger partial charge on any atom is -0.393 e. The van der Waals surface area contributed by atoms with Gasteiger partial charge in [-0.3, -0.25) is 0 Å². The van der Waals surface area contributed by atoms with E-state index in [-0.39, 0.29) is 11.9 Å². The van der Waals surface area contributed by atoms with Gasteiger partial charge < -0.3 is 5.11 Å². The van der Waals surface area contributed by atoms with Crippen LogP contribution in [0, 0.1) is 5.82 Å². The quantitative estimate of drug-likeness (QED) is 0.700. The van der Waals surface area contributed by atoms with Crippen LogP contribution >= 0.6 is 0 Å². The van der Waals surface area contributed by atoms with Gasteiger partial charge in [0.25, 0.3) is 0 Å². The molecule has 0 radical (unpaired) electrons. The van der Waals surface area contributed by atoms with Crippen LogP contribution in [0.5, 0.6) is 0 Å². The van der Waals surface area contributed by atoms with Crippen molar-refractivity contribution in [2.24, 2.45) is 0 Å². The highest BCUT2D eigenvalue weighted by atomic mass is 19.1. The van der Waals surface area contributed by atoms with E-state index in [0.29, 0.717) is 0 Å². The predicted octanol–water partition coefficient (Wildman–Crippen LogP) is 3.70. The van der Waals surface area contributed by atoms with Crippen LogP contribution in [0.15, 0.2) is 24.3 Å². The van der Waals surface area contributed by atoms with E-state index in [4.69, 9.17) is 5.11 Å². The number of unbranched alkanes of at least 4 members (excludes halogenated alkanes) is 3. The molecule has 0 amide bonds. The van der Waals surface area contributed by atoms with Gasteiger partial charge in [-0.1, -0.05) is 31.4 Å². The molecule has 0 aliphatic heterocycles. The Balaban J connectivity index is 2.07. The molecule has 1 N–H and O–H groups in total. The molecule has 2 heteroatoms. The summed E-state index contributed by atoms with van der Waals surface area (Å²) in [6, 6.07) is 6.82. The Kier molecular flexibility index (Phi) is 6.09. The zero-order valence-electron chi connectivity index (χ0n) is 9.95. The molecular formula is C14H21FO. The zero-order valence-corrected chi connectivity index (χ0v) is 9.95. The molecule has 1 nitrogen and oxygen atoms in total. The number of hydrogen-bond donors (Lipinski definition) is 1. The lowest BCUT2D eigenvalue weighted by Gasteiger charge is -2.04. The molecular weight excluding hydrogens is 203 g/mol. The Morgan fingerprint density at radius 1 is 1.19 bits per heavy atom. The first-order valence-corrected chi connectivity index (χ1v) is 6.11. The molecule has 16 heavy (non-hydrogen) atoms. The average molecular weight is 224 g/mol. The molecule has 0 aromatic heterocycles. The third-order valence-electron chi connectivity index (χ3n) is 2.73. The van der Waals surface area contributed by atoms with Crippen LogP contribution in [0.4, 0.5) is 4.39 Å². The molecule has 1 unspecified atom stereocenters. The van der Waals surface area contributed by atoms with Gasteiger partial charge in [0.1, 0.15) is 5.82 Å². The fourth-order valence-electron chi connectivity index (χ4n) is 1.81. The Morgan fingerprint density at radius 3 is 2.62 bits per heavy atom. The standard InChI is InChI=1S/C14H21FO/c1-12(16)7-4-2-3-5-8-13-9-6-10-14(15)11-13/h6,9-12,16H,2-5,7-8H2,1H3. The van der Waals surface area contributed by atoms with E-state index in [1.165, 1.54) is 6.07 Å². The molecule has 90 valence electrons. The van der Waals surface area contributed by atoms with Gasteiger partial charge in [-0.2, -0.15) is 0 Å². The number of aliphatic hydroxyl groups excluding tert-OH is 1. The molecule has 1 rings (SSSR count). The largest absolute Gasteiger partial charge is 0.393 e. The number of aryl methyl sites for hydroxylation is 1. The predicted molar refractivity (Wildman–Crippen MR) is 64.9 cm³/mol. The summed E-state index contributed by atoms with van der Waals surface area (Å²) < 4.78 is 12.9. The summed E-state index contributed by atoms with van der Waals surface area (Å²) in [5, 5.41) is 9.08. The van der Waals surface area contributed by atoms with Gasteiger partial charge in [0.05, 0.1) is 6.10 Å². The van der Waals surface area contributed by atoms with Crippen LogP contribution in [0.3, 0.4) is 0 Å². The van der Waals surface area contributed by atoms with Gasteiger partial charge >= 0.3 is 0 Å². The van der Waals surface area contributed by atoms with Crippen LogP contribution in [0.1, 0.15) is 44.6 Å². The summed E-state index contributed by atoms with van der Waals surface area (Å²) in [4.78, 5) is 0. The molecule has 0 spiro atoms. The topological polar surface area (TPSA) is 20.2 Å². The van der Waals surface area contributed by atoms with E-state index in [2.05, 4.69) is 0 Å². The van der Waals surface area contributed by atoms with Crippen LogP contribution in [-0.2, 0) is 6.42 Å². The third-order valence-corrected chi connectivity index (χ3v) is 2.73. The van der Waals surface area contributed by atoms with E-state index >= 15 is 0 Å². The van der Waals surface area contributed by atoms with Crippen LogP contribution < -0.4 is 0 Å².